The number of hydrogen-bond acceptors (Lipinski definition) is 12. The van der Waals surface area contributed by atoms with Gasteiger partial charge in [-0.25, -0.2) is 0 Å². The predicted octanol–water partition coefficient (Wildman–Crippen LogP) is 28.2. The Labute approximate surface area is 719 Å². The van der Waals surface area contributed by atoms with Crippen LogP contribution in [0.1, 0.15) is 453 Å². The number of hydrogen-bond donors (Lipinski definition) is 0. The van der Waals surface area contributed by atoms with Crippen LogP contribution in [-0.2, 0) is 88.6 Å². The van der Waals surface area contributed by atoms with E-state index in [2.05, 4.69) is 76.3 Å². The minimum atomic E-state index is -0.0891. The molecule has 0 bridgehead atoms. The largest absolute Gasteiger partial charge is 2.00 e. The fourth-order valence-corrected chi connectivity index (χ4v) is 12.0. The number of carbonyl (C=O) groups is 4. The Kier molecular flexibility index (Phi) is 141. The molecule has 0 saturated heterocycles. The van der Waals surface area contributed by atoms with Crippen LogP contribution in [0.4, 0.5) is 0 Å². The predicted molar refractivity (Wildman–Crippen MR) is 483 cm³/mol. The SMILES string of the molecule is C.C.CCCCCCCCCC/C=C/CCCCCCCC(=O)OCC[S-].CCCCCCCCCC/C=C/CCCCCCCC(=O)OCC[S-].CCCCCCCCCC/C=C/CCCCCCCC(=O)OCC[S-].CCCCCCCCCC/C=C/CCCCCCCC(=O)OCC[S-].S.[Sn+2].[Sn+2]. The van der Waals surface area contributed by atoms with Crippen LogP contribution >= 0.6 is 13.5 Å². The van der Waals surface area contributed by atoms with E-state index in [0.717, 1.165) is 51.4 Å². The summed E-state index contributed by atoms with van der Waals surface area (Å²) in [6.07, 6.45) is 99.1. The molecule has 0 heterocycles. The van der Waals surface area contributed by atoms with E-state index in [-0.39, 0.29) is 100 Å². The molecule has 0 aromatic heterocycles. The molecule has 0 unspecified atom stereocenters. The zero-order valence-electron chi connectivity index (χ0n) is 67.9. The van der Waals surface area contributed by atoms with Gasteiger partial charge in [-0.2, -0.15) is 13.5 Å². The number of unbranched alkanes of at least 4 members (excludes halogenated alkanes) is 52. The number of esters is 4. The Hall–Kier alpha value is 0.187. The van der Waals surface area contributed by atoms with E-state index < -0.39 is 0 Å². The zero-order valence-corrected chi connectivity index (χ0v) is 77.9. The summed E-state index contributed by atoms with van der Waals surface area (Å²) in [7, 11) is 0. The van der Waals surface area contributed by atoms with E-state index in [0.29, 0.717) is 75.1 Å². The second kappa shape index (κ2) is 120. The Balaban J connectivity index is -0.000000165. The quantitative estimate of drug-likeness (QED) is 0.0145. The Morgan fingerprint density at radius 3 is 0.448 bits per heavy atom. The zero-order chi connectivity index (χ0) is 73.7. The summed E-state index contributed by atoms with van der Waals surface area (Å²) in [5.41, 5.74) is 0. The molecule has 0 aliphatic carbocycles. The van der Waals surface area contributed by atoms with Crippen molar-refractivity contribution in [2.24, 2.45) is 0 Å². The van der Waals surface area contributed by atoms with Gasteiger partial charge in [0.1, 0.15) is 0 Å². The summed E-state index contributed by atoms with van der Waals surface area (Å²) < 4.78 is 19.9. The van der Waals surface area contributed by atoms with Crippen molar-refractivity contribution in [3.05, 3.63) is 48.6 Å². The van der Waals surface area contributed by atoms with Gasteiger partial charge < -0.3 is 69.5 Å². The smallest absolute Gasteiger partial charge is 0.789 e. The summed E-state index contributed by atoms with van der Waals surface area (Å²) >= 11 is 19.0. The molecule has 4 radical (unpaired) electrons. The van der Waals surface area contributed by atoms with Gasteiger partial charge in [0.15, 0.2) is 0 Å². The Bertz CT molecular complexity index is 1470. The topological polar surface area (TPSA) is 105 Å². The van der Waals surface area contributed by atoms with Gasteiger partial charge in [0.2, 0.25) is 0 Å². The minimum Gasteiger partial charge on any atom is -0.789 e. The van der Waals surface area contributed by atoms with Crippen molar-refractivity contribution >= 4 is 136 Å². The third-order valence-electron chi connectivity index (χ3n) is 18.0. The maximum absolute atomic E-state index is 11.3. The fourth-order valence-electron chi connectivity index (χ4n) is 11.7. The van der Waals surface area contributed by atoms with E-state index in [1.54, 1.807) is 0 Å². The molecule has 0 aromatic rings. The van der Waals surface area contributed by atoms with Gasteiger partial charge in [0, 0.05) is 25.7 Å². The first-order chi connectivity index (χ1) is 49.2. The monoisotopic (exact) mass is 1780 g/mol. The Morgan fingerprint density at radius 2 is 0.324 bits per heavy atom. The average Bonchev–Trinajstić information content (AvgIpc) is 3.63. The second-order valence-corrected chi connectivity index (χ2v) is 29.5. The van der Waals surface area contributed by atoms with Crippen molar-refractivity contribution in [3.63, 3.8) is 0 Å². The second-order valence-electron chi connectivity index (χ2n) is 27.9. The van der Waals surface area contributed by atoms with Gasteiger partial charge in [-0.05, 0) is 128 Å². The molecule has 0 amide bonds. The van der Waals surface area contributed by atoms with E-state index in [9.17, 15) is 19.2 Å². The van der Waals surface area contributed by atoms with Gasteiger partial charge in [-0.1, -0.05) is 348 Å². The number of rotatable bonds is 76. The average molecular weight is 1780 g/mol. The van der Waals surface area contributed by atoms with Gasteiger partial charge in [-0.15, -0.1) is 23.0 Å². The van der Waals surface area contributed by atoms with E-state index >= 15 is 0 Å². The first-order valence-electron chi connectivity index (χ1n) is 42.8. The normalized spacial score (nSPS) is 10.7. The van der Waals surface area contributed by atoms with Crippen LogP contribution in [0.15, 0.2) is 48.6 Å². The van der Waals surface area contributed by atoms with Gasteiger partial charge in [-0.3, -0.25) is 19.2 Å². The summed E-state index contributed by atoms with van der Waals surface area (Å²) in [5.74, 6) is 1.64. The van der Waals surface area contributed by atoms with Crippen LogP contribution in [0.5, 0.6) is 0 Å². The molecule has 8 nitrogen and oxygen atoms in total. The maximum Gasteiger partial charge on any atom is 2.00 e. The van der Waals surface area contributed by atoms with Crippen LogP contribution in [-0.4, -0.2) is 121 Å². The molecule has 0 aromatic carbocycles. The van der Waals surface area contributed by atoms with Crippen molar-refractivity contribution in [1.82, 2.24) is 0 Å². The van der Waals surface area contributed by atoms with Crippen LogP contribution in [0, 0.1) is 0 Å². The third-order valence-corrected chi connectivity index (χ3v) is 18.6. The Morgan fingerprint density at radius 1 is 0.210 bits per heavy atom. The standard InChI is InChI=1S/4C22H42O2S.2CH4.H2S.2Sn/c4*1-2-3-4-5-6-7-8-9-10-11-12-13-14-15-16-17-18-19-22(23)24-20-21-25;;;;;/h4*11-12,25H,2-10,13-21H2,1H3;2*1H4;1H2;;/q;;;;;;;2*+2/p-4/b4*12-11+;;;;;. The van der Waals surface area contributed by atoms with Crippen LogP contribution < -0.4 is 0 Å². The molecule has 0 saturated carbocycles. The molecule has 0 N–H and O–H groups in total. The molecular formula is C90H174O8S5Sn2. The molecule has 620 valence electrons. The first-order valence-corrected chi connectivity index (χ1v) is 45.1. The third kappa shape index (κ3) is 128. The van der Waals surface area contributed by atoms with E-state index in [4.69, 9.17) is 69.5 Å². The van der Waals surface area contributed by atoms with Crippen molar-refractivity contribution in [2.75, 3.05) is 49.4 Å². The number of carbonyl (C=O) groups excluding carboxylic acids is 4. The first kappa shape index (κ1) is 123. The van der Waals surface area contributed by atoms with Gasteiger partial charge >= 0.3 is 71.7 Å². The van der Waals surface area contributed by atoms with Gasteiger partial charge in [0.05, 0.1) is 26.4 Å². The van der Waals surface area contributed by atoms with Crippen molar-refractivity contribution in [3.8, 4) is 0 Å². The summed E-state index contributed by atoms with van der Waals surface area (Å²) in [6, 6.07) is 0. The number of ether oxygens (including phenoxy) is 4. The van der Waals surface area contributed by atoms with Crippen LogP contribution in [0.3, 0.4) is 0 Å². The maximum atomic E-state index is 11.3. The molecule has 0 aliphatic heterocycles. The summed E-state index contributed by atoms with van der Waals surface area (Å²) in [4.78, 5) is 45.1. The van der Waals surface area contributed by atoms with Crippen LogP contribution in [0.2, 0.25) is 0 Å². The van der Waals surface area contributed by atoms with Crippen LogP contribution in [0.25, 0.3) is 0 Å². The molecule has 105 heavy (non-hydrogen) atoms. The molecular weight excluding hydrogens is 1610 g/mol. The van der Waals surface area contributed by atoms with E-state index in [1.807, 2.05) is 0 Å². The minimum absolute atomic E-state index is 0. The molecule has 15 heteroatoms. The van der Waals surface area contributed by atoms with Crippen molar-refractivity contribution in [1.29, 1.82) is 0 Å². The molecule has 0 fully saturated rings. The van der Waals surface area contributed by atoms with E-state index in [1.165, 1.54) is 334 Å². The molecule has 0 rings (SSSR count). The molecule has 0 spiro atoms. The molecule has 0 atom stereocenters. The van der Waals surface area contributed by atoms with Crippen molar-refractivity contribution in [2.45, 2.75) is 453 Å². The number of allylic oxidation sites excluding steroid dienone is 8. The summed E-state index contributed by atoms with van der Waals surface area (Å²) in [5, 5.41) is 0. The molecule has 0 aliphatic rings. The fraction of sp³-hybridized carbons (Fsp3) is 0.867. The van der Waals surface area contributed by atoms with Gasteiger partial charge in [0.25, 0.3) is 0 Å². The summed E-state index contributed by atoms with van der Waals surface area (Å²) in [6.45, 7) is 10.7. The van der Waals surface area contributed by atoms with Crippen molar-refractivity contribution < 1.29 is 38.1 Å².